The SMILES string of the molecule is COc1c2ccc(C(=O)O)cc2nn1C(C)C(C)(N)C#N. The van der Waals surface area contributed by atoms with Crippen molar-refractivity contribution in [1.82, 2.24) is 9.78 Å². The molecule has 2 aromatic rings. The maximum atomic E-state index is 11.0. The minimum absolute atomic E-state index is 0.137. The summed E-state index contributed by atoms with van der Waals surface area (Å²) in [5.74, 6) is -0.583. The van der Waals surface area contributed by atoms with Crippen LogP contribution in [-0.2, 0) is 0 Å². The third kappa shape index (κ3) is 2.41. The highest BCUT2D eigenvalue weighted by Crippen LogP contribution is 2.32. The Morgan fingerprint density at radius 1 is 1.62 bits per heavy atom. The standard InChI is InChI=1S/C14H16N4O3/c1-8(14(2,16)7-15)18-12(21-3)10-5-4-9(13(19)20)6-11(10)17-18/h4-6,8H,16H2,1-3H3,(H,19,20). The number of benzene rings is 1. The first-order valence-electron chi connectivity index (χ1n) is 6.31. The van der Waals surface area contributed by atoms with Gasteiger partial charge in [-0.25, -0.2) is 9.48 Å². The zero-order chi connectivity index (χ0) is 15.8. The van der Waals surface area contributed by atoms with Gasteiger partial charge in [0.25, 0.3) is 0 Å². The lowest BCUT2D eigenvalue weighted by Gasteiger charge is -2.25. The monoisotopic (exact) mass is 288 g/mol. The number of carbonyl (C=O) groups is 1. The number of rotatable bonds is 4. The molecule has 0 fully saturated rings. The highest BCUT2D eigenvalue weighted by Gasteiger charge is 2.31. The molecule has 2 unspecified atom stereocenters. The second-order valence-electron chi connectivity index (χ2n) is 5.06. The van der Waals surface area contributed by atoms with Crippen LogP contribution in [-0.4, -0.2) is 33.5 Å². The first kappa shape index (κ1) is 14.8. The first-order chi connectivity index (χ1) is 9.81. The van der Waals surface area contributed by atoms with E-state index < -0.39 is 17.6 Å². The number of nitrogens with two attached hydrogens (primary N) is 1. The molecule has 0 aliphatic heterocycles. The lowest BCUT2D eigenvalue weighted by Crippen LogP contribution is -2.42. The van der Waals surface area contributed by atoms with Crippen LogP contribution in [0.15, 0.2) is 18.2 Å². The Morgan fingerprint density at radius 3 is 2.81 bits per heavy atom. The van der Waals surface area contributed by atoms with Crippen molar-refractivity contribution >= 4 is 16.9 Å². The van der Waals surface area contributed by atoms with E-state index in [4.69, 9.17) is 20.8 Å². The smallest absolute Gasteiger partial charge is 0.335 e. The molecular weight excluding hydrogens is 272 g/mol. The number of nitrogens with zero attached hydrogens (tertiary/aromatic N) is 3. The van der Waals surface area contributed by atoms with E-state index in [-0.39, 0.29) is 5.56 Å². The molecule has 1 heterocycles. The number of nitriles is 1. The molecule has 7 nitrogen and oxygen atoms in total. The molecule has 1 aromatic heterocycles. The van der Waals surface area contributed by atoms with Crippen LogP contribution in [0.25, 0.3) is 10.9 Å². The van der Waals surface area contributed by atoms with Gasteiger partial charge in [-0.15, -0.1) is 0 Å². The van der Waals surface area contributed by atoms with Gasteiger partial charge >= 0.3 is 5.97 Å². The summed E-state index contributed by atoms with van der Waals surface area (Å²) in [6.07, 6.45) is 0. The van der Waals surface area contributed by atoms with E-state index in [0.29, 0.717) is 16.8 Å². The molecule has 2 rings (SSSR count). The van der Waals surface area contributed by atoms with Crippen molar-refractivity contribution in [1.29, 1.82) is 5.26 Å². The Hall–Kier alpha value is -2.59. The fourth-order valence-corrected chi connectivity index (χ4v) is 2.03. The Bertz CT molecular complexity index is 742. The van der Waals surface area contributed by atoms with Crippen LogP contribution in [0.2, 0.25) is 0 Å². The number of hydrogen-bond acceptors (Lipinski definition) is 5. The van der Waals surface area contributed by atoms with Gasteiger partial charge in [-0.05, 0) is 32.0 Å². The van der Waals surface area contributed by atoms with Gasteiger partial charge in [0.2, 0.25) is 5.88 Å². The van der Waals surface area contributed by atoms with E-state index in [9.17, 15) is 4.79 Å². The molecule has 0 aliphatic rings. The van der Waals surface area contributed by atoms with E-state index in [2.05, 4.69) is 5.10 Å². The van der Waals surface area contributed by atoms with Gasteiger partial charge in [-0.1, -0.05) is 0 Å². The van der Waals surface area contributed by atoms with Gasteiger partial charge in [0, 0.05) is 0 Å². The van der Waals surface area contributed by atoms with Crippen molar-refractivity contribution in [3.63, 3.8) is 0 Å². The summed E-state index contributed by atoms with van der Waals surface area (Å²) in [7, 11) is 1.49. The number of ether oxygens (including phenoxy) is 1. The maximum Gasteiger partial charge on any atom is 0.335 e. The molecule has 3 N–H and O–H groups in total. The summed E-state index contributed by atoms with van der Waals surface area (Å²) in [4.78, 5) is 11.0. The van der Waals surface area contributed by atoms with Crippen LogP contribution in [0.3, 0.4) is 0 Å². The molecule has 0 saturated carbocycles. The summed E-state index contributed by atoms with van der Waals surface area (Å²) in [5, 5.41) is 23.2. The van der Waals surface area contributed by atoms with Crippen LogP contribution in [0.5, 0.6) is 5.88 Å². The summed E-state index contributed by atoms with van der Waals surface area (Å²) < 4.78 is 6.86. The van der Waals surface area contributed by atoms with Gasteiger partial charge in [-0.3, -0.25) is 0 Å². The zero-order valence-corrected chi connectivity index (χ0v) is 12.0. The van der Waals surface area contributed by atoms with Crippen molar-refractivity contribution in [2.24, 2.45) is 5.73 Å². The van der Waals surface area contributed by atoms with E-state index in [1.54, 1.807) is 19.9 Å². The fraction of sp³-hybridized carbons (Fsp3) is 0.357. The number of aromatic carboxylic acids is 1. The second-order valence-corrected chi connectivity index (χ2v) is 5.06. The van der Waals surface area contributed by atoms with Crippen molar-refractivity contribution in [2.45, 2.75) is 25.4 Å². The molecule has 0 spiro atoms. The minimum atomic E-state index is -1.13. The molecule has 110 valence electrons. The number of hydrogen-bond donors (Lipinski definition) is 2. The minimum Gasteiger partial charge on any atom is -0.481 e. The molecule has 1 aromatic carbocycles. The van der Waals surface area contributed by atoms with Crippen LogP contribution >= 0.6 is 0 Å². The van der Waals surface area contributed by atoms with Crippen molar-refractivity contribution in [3.05, 3.63) is 23.8 Å². The molecule has 0 amide bonds. The predicted octanol–water partition coefficient (Wildman–Crippen LogP) is 1.55. The van der Waals surface area contributed by atoms with Gasteiger partial charge < -0.3 is 15.6 Å². The quantitative estimate of drug-likeness (QED) is 0.882. The van der Waals surface area contributed by atoms with Gasteiger partial charge in [0.05, 0.1) is 35.7 Å². The number of aromatic nitrogens is 2. The van der Waals surface area contributed by atoms with Crippen LogP contribution < -0.4 is 10.5 Å². The lowest BCUT2D eigenvalue weighted by atomic mass is 9.97. The molecular formula is C14H16N4O3. The van der Waals surface area contributed by atoms with Gasteiger partial charge in [0.15, 0.2) is 0 Å². The zero-order valence-electron chi connectivity index (χ0n) is 12.0. The van der Waals surface area contributed by atoms with E-state index in [1.807, 2.05) is 6.07 Å². The third-order valence-electron chi connectivity index (χ3n) is 3.57. The maximum absolute atomic E-state index is 11.0. The van der Waals surface area contributed by atoms with E-state index in [1.165, 1.54) is 23.9 Å². The topological polar surface area (TPSA) is 114 Å². The first-order valence-corrected chi connectivity index (χ1v) is 6.31. The fourth-order valence-electron chi connectivity index (χ4n) is 2.03. The number of methoxy groups -OCH3 is 1. The summed E-state index contributed by atoms with van der Waals surface area (Å²) in [5.41, 5.74) is 5.43. The lowest BCUT2D eigenvalue weighted by molar-refractivity contribution is 0.0697. The van der Waals surface area contributed by atoms with E-state index >= 15 is 0 Å². The highest BCUT2D eigenvalue weighted by atomic mass is 16.5. The van der Waals surface area contributed by atoms with Crippen LogP contribution in [0.1, 0.15) is 30.2 Å². The number of carboxylic acid groups (broad SMARTS) is 1. The molecule has 2 atom stereocenters. The molecule has 0 radical (unpaired) electrons. The molecule has 0 bridgehead atoms. The summed E-state index contributed by atoms with van der Waals surface area (Å²) >= 11 is 0. The Kier molecular flexibility index (Phi) is 3.58. The van der Waals surface area contributed by atoms with Crippen LogP contribution in [0.4, 0.5) is 0 Å². The largest absolute Gasteiger partial charge is 0.481 e. The van der Waals surface area contributed by atoms with E-state index in [0.717, 1.165) is 0 Å². The molecule has 0 saturated heterocycles. The highest BCUT2D eigenvalue weighted by molar-refractivity contribution is 5.94. The van der Waals surface area contributed by atoms with Crippen molar-refractivity contribution < 1.29 is 14.6 Å². The molecule has 0 aliphatic carbocycles. The summed E-state index contributed by atoms with van der Waals surface area (Å²) in [6, 6.07) is 6.16. The van der Waals surface area contributed by atoms with Crippen molar-refractivity contribution in [2.75, 3.05) is 7.11 Å². The Labute approximate surface area is 121 Å². The third-order valence-corrected chi connectivity index (χ3v) is 3.57. The van der Waals surface area contributed by atoms with Crippen LogP contribution in [0, 0.1) is 11.3 Å². The normalized spacial score (nSPS) is 15.2. The van der Waals surface area contributed by atoms with Gasteiger partial charge in [-0.2, -0.15) is 10.4 Å². The average molecular weight is 288 g/mol. The van der Waals surface area contributed by atoms with Crippen molar-refractivity contribution in [3.8, 4) is 11.9 Å². The predicted molar refractivity (Wildman–Crippen MR) is 76.2 cm³/mol. The number of carboxylic acids is 1. The second kappa shape index (κ2) is 5.07. The molecule has 7 heteroatoms. The summed E-state index contributed by atoms with van der Waals surface area (Å²) in [6.45, 7) is 3.36. The average Bonchev–Trinajstić information content (AvgIpc) is 2.83. The Morgan fingerprint density at radius 2 is 2.29 bits per heavy atom. The van der Waals surface area contributed by atoms with Gasteiger partial charge in [0.1, 0.15) is 5.54 Å². The number of fused-ring (bicyclic) bond motifs is 1. The Balaban J connectivity index is 2.65. The molecule has 21 heavy (non-hydrogen) atoms.